The average molecular weight is 357 g/mol. The Hall–Kier alpha value is -1.51. The van der Waals surface area contributed by atoms with Gasteiger partial charge in [-0.1, -0.05) is 28.1 Å². The van der Waals surface area contributed by atoms with Gasteiger partial charge in [0.05, 0.1) is 0 Å². The van der Waals surface area contributed by atoms with Gasteiger partial charge in [-0.25, -0.2) is 0 Å². The highest BCUT2D eigenvalue weighted by molar-refractivity contribution is 9.10. The standard InChI is InChI=1S/C14H15BrClN3O/c15-13-3-1-2-11(8-13)4-6-18-10-12(9-17)14(20)19-7-5-16/h1-3,8,10,18H,4-7H2,(H,19,20)/b12-10-. The zero-order valence-corrected chi connectivity index (χ0v) is 13.2. The Labute approximate surface area is 131 Å². The van der Waals surface area contributed by atoms with Crippen molar-refractivity contribution < 1.29 is 4.79 Å². The van der Waals surface area contributed by atoms with Crippen molar-refractivity contribution in [3.8, 4) is 6.07 Å². The molecule has 1 rings (SSSR count). The van der Waals surface area contributed by atoms with Gasteiger partial charge in [0.15, 0.2) is 0 Å². The van der Waals surface area contributed by atoms with E-state index in [1.807, 2.05) is 30.3 Å². The van der Waals surface area contributed by atoms with E-state index in [1.54, 1.807) is 0 Å². The third-order valence-corrected chi connectivity index (χ3v) is 3.12. The van der Waals surface area contributed by atoms with Gasteiger partial charge in [-0.2, -0.15) is 5.26 Å². The summed E-state index contributed by atoms with van der Waals surface area (Å²) in [7, 11) is 0. The summed E-state index contributed by atoms with van der Waals surface area (Å²) in [4.78, 5) is 11.5. The topological polar surface area (TPSA) is 64.9 Å². The van der Waals surface area contributed by atoms with Crippen molar-refractivity contribution in [3.63, 3.8) is 0 Å². The summed E-state index contributed by atoms with van der Waals surface area (Å²) in [6, 6.07) is 9.84. The molecule has 0 fully saturated rings. The van der Waals surface area contributed by atoms with Crippen LogP contribution in [-0.4, -0.2) is 24.9 Å². The molecular formula is C14H15BrClN3O. The number of carbonyl (C=O) groups excluding carboxylic acids is 1. The number of nitriles is 1. The lowest BCUT2D eigenvalue weighted by Crippen LogP contribution is -2.27. The van der Waals surface area contributed by atoms with Gasteiger partial charge in [-0.05, 0) is 24.1 Å². The van der Waals surface area contributed by atoms with E-state index in [1.165, 1.54) is 11.8 Å². The minimum Gasteiger partial charge on any atom is -0.389 e. The van der Waals surface area contributed by atoms with Crippen LogP contribution in [0, 0.1) is 11.3 Å². The minimum absolute atomic E-state index is 0.0457. The molecule has 0 saturated carbocycles. The van der Waals surface area contributed by atoms with Crippen molar-refractivity contribution in [1.29, 1.82) is 5.26 Å². The Morgan fingerprint density at radius 1 is 1.45 bits per heavy atom. The molecule has 0 atom stereocenters. The van der Waals surface area contributed by atoms with E-state index < -0.39 is 5.91 Å². The van der Waals surface area contributed by atoms with Crippen LogP contribution >= 0.6 is 27.5 Å². The van der Waals surface area contributed by atoms with E-state index in [9.17, 15) is 4.79 Å². The molecule has 1 amide bonds. The molecule has 4 nitrogen and oxygen atoms in total. The molecule has 0 aliphatic rings. The molecule has 106 valence electrons. The van der Waals surface area contributed by atoms with Gasteiger partial charge in [0.2, 0.25) is 0 Å². The fourth-order valence-corrected chi connectivity index (χ4v) is 2.03. The van der Waals surface area contributed by atoms with Crippen LogP contribution in [0.4, 0.5) is 0 Å². The first-order chi connectivity index (χ1) is 9.67. The number of nitrogens with zero attached hydrogens (tertiary/aromatic N) is 1. The van der Waals surface area contributed by atoms with Gasteiger partial charge in [-0.15, -0.1) is 11.6 Å². The number of hydrogen-bond donors (Lipinski definition) is 2. The fourth-order valence-electron chi connectivity index (χ4n) is 1.49. The molecule has 0 spiro atoms. The third-order valence-electron chi connectivity index (χ3n) is 2.44. The number of nitrogens with one attached hydrogen (secondary N) is 2. The second-order valence-electron chi connectivity index (χ2n) is 3.95. The monoisotopic (exact) mass is 355 g/mol. The quantitative estimate of drug-likeness (QED) is 0.341. The van der Waals surface area contributed by atoms with Crippen LogP contribution in [0.25, 0.3) is 0 Å². The maximum Gasteiger partial charge on any atom is 0.263 e. The lowest BCUT2D eigenvalue weighted by Gasteiger charge is -2.04. The molecule has 0 bridgehead atoms. The van der Waals surface area contributed by atoms with Crippen LogP contribution in [0.2, 0.25) is 0 Å². The Morgan fingerprint density at radius 3 is 2.90 bits per heavy atom. The smallest absolute Gasteiger partial charge is 0.263 e. The highest BCUT2D eigenvalue weighted by Crippen LogP contribution is 2.11. The highest BCUT2D eigenvalue weighted by Gasteiger charge is 2.06. The van der Waals surface area contributed by atoms with E-state index in [4.69, 9.17) is 16.9 Å². The second-order valence-corrected chi connectivity index (χ2v) is 5.24. The van der Waals surface area contributed by atoms with Crippen molar-refractivity contribution in [2.24, 2.45) is 0 Å². The predicted octanol–water partition coefficient (Wildman–Crippen LogP) is 2.34. The minimum atomic E-state index is -0.414. The first-order valence-electron chi connectivity index (χ1n) is 6.09. The van der Waals surface area contributed by atoms with E-state index in [-0.39, 0.29) is 5.57 Å². The number of benzene rings is 1. The van der Waals surface area contributed by atoms with Gasteiger partial charge in [0.25, 0.3) is 5.91 Å². The number of amides is 1. The Morgan fingerprint density at radius 2 is 2.25 bits per heavy atom. The van der Waals surface area contributed by atoms with Crippen molar-refractivity contribution in [3.05, 3.63) is 46.1 Å². The van der Waals surface area contributed by atoms with Gasteiger partial charge in [-0.3, -0.25) is 4.79 Å². The molecule has 0 unspecified atom stereocenters. The Bertz CT molecular complexity index is 525. The van der Waals surface area contributed by atoms with E-state index >= 15 is 0 Å². The molecule has 1 aromatic carbocycles. The van der Waals surface area contributed by atoms with E-state index in [2.05, 4.69) is 26.6 Å². The zero-order chi connectivity index (χ0) is 14.8. The van der Waals surface area contributed by atoms with Crippen LogP contribution in [0.5, 0.6) is 0 Å². The van der Waals surface area contributed by atoms with Crippen LogP contribution in [0.15, 0.2) is 40.5 Å². The maximum atomic E-state index is 11.5. The van der Waals surface area contributed by atoms with E-state index in [0.717, 1.165) is 10.9 Å². The first kappa shape index (κ1) is 16.5. The molecule has 0 saturated heterocycles. The van der Waals surface area contributed by atoms with Crippen molar-refractivity contribution in [1.82, 2.24) is 10.6 Å². The molecule has 0 heterocycles. The summed E-state index contributed by atoms with van der Waals surface area (Å²) in [5.41, 5.74) is 1.22. The summed E-state index contributed by atoms with van der Waals surface area (Å²) in [6.07, 6.45) is 2.24. The molecule has 2 N–H and O–H groups in total. The summed E-state index contributed by atoms with van der Waals surface area (Å²) in [5.74, 6) is -0.0936. The highest BCUT2D eigenvalue weighted by atomic mass is 79.9. The number of alkyl halides is 1. The number of hydrogen-bond acceptors (Lipinski definition) is 3. The van der Waals surface area contributed by atoms with Crippen LogP contribution in [0.1, 0.15) is 5.56 Å². The van der Waals surface area contributed by atoms with Gasteiger partial charge < -0.3 is 10.6 Å². The second kappa shape index (κ2) is 9.40. The molecule has 0 aromatic heterocycles. The zero-order valence-electron chi connectivity index (χ0n) is 10.8. The number of carbonyl (C=O) groups is 1. The van der Waals surface area contributed by atoms with Crippen molar-refractivity contribution >= 4 is 33.4 Å². The third kappa shape index (κ3) is 6.09. The lowest BCUT2D eigenvalue weighted by molar-refractivity contribution is -0.117. The predicted molar refractivity (Wildman–Crippen MR) is 83.3 cm³/mol. The van der Waals surface area contributed by atoms with Crippen LogP contribution in [0.3, 0.4) is 0 Å². The lowest BCUT2D eigenvalue weighted by atomic mass is 10.1. The van der Waals surface area contributed by atoms with Crippen molar-refractivity contribution in [2.45, 2.75) is 6.42 Å². The molecule has 0 aliphatic heterocycles. The van der Waals surface area contributed by atoms with Crippen LogP contribution in [-0.2, 0) is 11.2 Å². The summed E-state index contributed by atoms with van der Waals surface area (Å²) in [6.45, 7) is 0.988. The Balaban J connectivity index is 2.42. The normalized spacial score (nSPS) is 10.8. The SMILES string of the molecule is N#C/C(=C/NCCc1cccc(Br)c1)C(=O)NCCCl. The summed E-state index contributed by atoms with van der Waals surface area (Å²) >= 11 is 8.87. The van der Waals surface area contributed by atoms with Crippen molar-refractivity contribution in [2.75, 3.05) is 19.0 Å². The average Bonchev–Trinajstić information content (AvgIpc) is 2.45. The molecule has 6 heteroatoms. The van der Waals surface area contributed by atoms with Gasteiger partial charge in [0.1, 0.15) is 11.6 Å². The summed E-state index contributed by atoms with van der Waals surface area (Å²) < 4.78 is 1.03. The van der Waals surface area contributed by atoms with E-state index in [0.29, 0.717) is 19.0 Å². The molecule has 0 aliphatic carbocycles. The van der Waals surface area contributed by atoms with Crippen LogP contribution < -0.4 is 10.6 Å². The first-order valence-corrected chi connectivity index (χ1v) is 7.42. The van der Waals surface area contributed by atoms with Gasteiger partial charge >= 0.3 is 0 Å². The molecule has 1 aromatic rings. The molecule has 20 heavy (non-hydrogen) atoms. The number of halogens is 2. The summed E-state index contributed by atoms with van der Waals surface area (Å²) in [5, 5.41) is 14.4. The maximum absolute atomic E-state index is 11.5. The fraction of sp³-hybridized carbons (Fsp3) is 0.286. The Kier molecular flexibility index (Phi) is 7.78. The molecule has 0 radical (unpaired) electrons. The largest absolute Gasteiger partial charge is 0.389 e. The molecular weight excluding hydrogens is 342 g/mol. The van der Waals surface area contributed by atoms with Gasteiger partial charge in [0, 0.05) is 29.6 Å². The number of rotatable bonds is 7.